The summed E-state index contributed by atoms with van der Waals surface area (Å²) < 4.78 is 0. The lowest BCUT2D eigenvalue weighted by Crippen LogP contribution is -2.59. The maximum absolute atomic E-state index is 3.79. The van der Waals surface area contributed by atoms with E-state index in [1.54, 1.807) is 0 Å². The standard InChI is InChI=1S/C16H24N2/c1-13-5-6-14(2)15(11-13)18-10-9-17-16(12-18)7-3-4-8-16/h5-6,11,17H,3-4,7-10,12H2,1-2H3. The lowest BCUT2D eigenvalue weighted by atomic mass is 9.93. The molecule has 2 aliphatic rings. The lowest BCUT2D eigenvalue weighted by Gasteiger charge is -2.43. The van der Waals surface area contributed by atoms with Crippen LogP contribution in [0.25, 0.3) is 0 Å². The fraction of sp³-hybridized carbons (Fsp3) is 0.625. The van der Waals surface area contributed by atoms with Gasteiger partial charge in [0, 0.05) is 30.9 Å². The summed E-state index contributed by atoms with van der Waals surface area (Å²) in [5.41, 5.74) is 4.64. The van der Waals surface area contributed by atoms with Gasteiger partial charge in [-0.3, -0.25) is 0 Å². The zero-order chi connectivity index (χ0) is 12.6. The van der Waals surface area contributed by atoms with Crippen LogP contribution in [-0.4, -0.2) is 25.2 Å². The van der Waals surface area contributed by atoms with E-state index in [2.05, 4.69) is 42.3 Å². The van der Waals surface area contributed by atoms with Crippen molar-refractivity contribution in [2.45, 2.75) is 45.1 Å². The third kappa shape index (κ3) is 2.14. The highest BCUT2D eigenvalue weighted by atomic mass is 15.2. The predicted molar refractivity (Wildman–Crippen MR) is 77.3 cm³/mol. The number of hydrogen-bond acceptors (Lipinski definition) is 2. The highest BCUT2D eigenvalue weighted by Gasteiger charge is 2.37. The molecule has 1 N–H and O–H groups in total. The summed E-state index contributed by atoms with van der Waals surface area (Å²) in [7, 11) is 0. The molecule has 0 amide bonds. The van der Waals surface area contributed by atoms with E-state index in [1.165, 1.54) is 49.0 Å². The molecule has 1 heterocycles. The fourth-order valence-corrected chi connectivity index (χ4v) is 3.61. The van der Waals surface area contributed by atoms with E-state index in [1.807, 2.05) is 0 Å². The average molecular weight is 244 g/mol. The van der Waals surface area contributed by atoms with Crippen LogP contribution in [0.2, 0.25) is 0 Å². The molecule has 1 aliphatic carbocycles. The second kappa shape index (κ2) is 4.58. The molecule has 2 heteroatoms. The molecule has 1 spiro atoms. The highest BCUT2D eigenvalue weighted by Crippen LogP contribution is 2.34. The van der Waals surface area contributed by atoms with Crippen LogP contribution in [0.3, 0.4) is 0 Å². The topological polar surface area (TPSA) is 15.3 Å². The van der Waals surface area contributed by atoms with Gasteiger partial charge < -0.3 is 10.2 Å². The molecule has 98 valence electrons. The molecule has 1 aliphatic heterocycles. The average Bonchev–Trinajstić information content (AvgIpc) is 2.80. The van der Waals surface area contributed by atoms with E-state index in [0.717, 1.165) is 13.1 Å². The molecule has 2 nitrogen and oxygen atoms in total. The van der Waals surface area contributed by atoms with Crippen molar-refractivity contribution >= 4 is 5.69 Å². The Morgan fingerprint density at radius 3 is 2.72 bits per heavy atom. The second-order valence-corrected chi connectivity index (χ2v) is 6.13. The molecule has 0 bridgehead atoms. The van der Waals surface area contributed by atoms with Crippen molar-refractivity contribution in [3.8, 4) is 0 Å². The number of benzene rings is 1. The summed E-state index contributed by atoms with van der Waals surface area (Å²) in [4.78, 5) is 2.60. The van der Waals surface area contributed by atoms with Crippen molar-refractivity contribution in [3.63, 3.8) is 0 Å². The molecule has 0 radical (unpaired) electrons. The molecule has 1 saturated carbocycles. The first-order valence-corrected chi connectivity index (χ1v) is 7.26. The fourth-order valence-electron chi connectivity index (χ4n) is 3.61. The van der Waals surface area contributed by atoms with Gasteiger partial charge in [-0.25, -0.2) is 0 Å². The lowest BCUT2D eigenvalue weighted by molar-refractivity contribution is 0.304. The first-order valence-electron chi connectivity index (χ1n) is 7.26. The molecular formula is C16H24N2. The first kappa shape index (κ1) is 12.0. The van der Waals surface area contributed by atoms with Gasteiger partial charge in [0.2, 0.25) is 0 Å². The number of hydrogen-bond donors (Lipinski definition) is 1. The minimum atomic E-state index is 0.411. The monoisotopic (exact) mass is 244 g/mol. The Labute approximate surface area is 110 Å². The van der Waals surface area contributed by atoms with Gasteiger partial charge in [-0.1, -0.05) is 25.0 Å². The van der Waals surface area contributed by atoms with E-state index in [9.17, 15) is 0 Å². The minimum absolute atomic E-state index is 0.411. The Morgan fingerprint density at radius 1 is 1.17 bits per heavy atom. The van der Waals surface area contributed by atoms with E-state index in [0.29, 0.717) is 5.54 Å². The molecule has 1 aromatic rings. The Bertz CT molecular complexity index is 433. The number of rotatable bonds is 1. The number of nitrogens with one attached hydrogen (secondary N) is 1. The summed E-state index contributed by atoms with van der Waals surface area (Å²) in [5, 5.41) is 3.79. The van der Waals surface area contributed by atoms with Gasteiger partial charge >= 0.3 is 0 Å². The molecule has 18 heavy (non-hydrogen) atoms. The molecule has 0 atom stereocenters. The highest BCUT2D eigenvalue weighted by molar-refractivity contribution is 5.55. The van der Waals surface area contributed by atoms with Gasteiger partial charge in [0.15, 0.2) is 0 Å². The van der Waals surface area contributed by atoms with Crippen LogP contribution in [0, 0.1) is 13.8 Å². The van der Waals surface area contributed by atoms with Crippen LogP contribution in [0.4, 0.5) is 5.69 Å². The first-order chi connectivity index (χ1) is 8.69. The minimum Gasteiger partial charge on any atom is -0.368 e. The summed E-state index contributed by atoms with van der Waals surface area (Å²) in [6.07, 6.45) is 5.50. The summed E-state index contributed by atoms with van der Waals surface area (Å²) in [5.74, 6) is 0. The summed E-state index contributed by atoms with van der Waals surface area (Å²) >= 11 is 0. The molecule has 2 fully saturated rings. The van der Waals surface area contributed by atoms with E-state index >= 15 is 0 Å². The van der Waals surface area contributed by atoms with Crippen LogP contribution < -0.4 is 10.2 Å². The molecule has 0 unspecified atom stereocenters. The van der Waals surface area contributed by atoms with Crippen LogP contribution in [-0.2, 0) is 0 Å². The van der Waals surface area contributed by atoms with Gasteiger partial charge in [-0.2, -0.15) is 0 Å². The Balaban J connectivity index is 1.85. The SMILES string of the molecule is Cc1ccc(C)c(N2CCNC3(CCCC3)C2)c1. The van der Waals surface area contributed by atoms with Crippen molar-refractivity contribution in [1.82, 2.24) is 5.32 Å². The number of anilines is 1. The normalized spacial score (nSPS) is 22.7. The van der Waals surface area contributed by atoms with E-state index in [4.69, 9.17) is 0 Å². The van der Waals surface area contributed by atoms with Gasteiger partial charge in [0.05, 0.1) is 0 Å². The number of piperazine rings is 1. The van der Waals surface area contributed by atoms with Crippen molar-refractivity contribution in [2.24, 2.45) is 0 Å². The Kier molecular flexibility index (Phi) is 3.06. The Hall–Kier alpha value is -1.02. The zero-order valence-electron chi connectivity index (χ0n) is 11.6. The predicted octanol–water partition coefficient (Wildman–Crippen LogP) is 3.03. The van der Waals surface area contributed by atoms with Crippen molar-refractivity contribution in [1.29, 1.82) is 0 Å². The second-order valence-electron chi connectivity index (χ2n) is 6.13. The zero-order valence-corrected chi connectivity index (χ0v) is 11.6. The van der Waals surface area contributed by atoms with Crippen LogP contribution in [0.5, 0.6) is 0 Å². The van der Waals surface area contributed by atoms with Gasteiger partial charge in [0.1, 0.15) is 0 Å². The number of nitrogens with zero attached hydrogens (tertiary/aromatic N) is 1. The molecule has 3 rings (SSSR count). The largest absolute Gasteiger partial charge is 0.368 e. The molecular weight excluding hydrogens is 220 g/mol. The summed E-state index contributed by atoms with van der Waals surface area (Å²) in [6, 6.07) is 6.82. The van der Waals surface area contributed by atoms with E-state index < -0.39 is 0 Å². The van der Waals surface area contributed by atoms with Gasteiger partial charge in [0.25, 0.3) is 0 Å². The van der Waals surface area contributed by atoms with Gasteiger partial charge in [-0.05, 0) is 43.9 Å². The third-order valence-corrected chi connectivity index (χ3v) is 4.64. The molecule has 0 aromatic heterocycles. The van der Waals surface area contributed by atoms with Crippen molar-refractivity contribution < 1.29 is 0 Å². The smallest absolute Gasteiger partial charge is 0.0399 e. The number of aryl methyl sites for hydroxylation is 2. The van der Waals surface area contributed by atoms with Crippen LogP contribution >= 0.6 is 0 Å². The van der Waals surface area contributed by atoms with E-state index in [-0.39, 0.29) is 0 Å². The van der Waals surface area contributed by atoms with Crippen LogP contribution in [0.1, 0.15) is 36.8 Å². The maximum Gasteiger partial charge on any atom is 0.0399 e. The van der Waals surface area contributed by atoms with Crippen LogP contribution in [0.15, 0.2) is 18.2 Å². The molecule has 1 aromatic carbocycles. The van der Waals surface area contributed by atoms with Gasteiger partial charge in [-0.15, -0.1) is 0 Å². The Morgan fingerprint density at radius 2 is 1.94 bits per heavy atom. The van der Waals surface area contributed by atoms with Crippen molar-refractivity contribution in [3.05, 3.63) is 29.3 Å². The summed E-state index contributed by atoms with van der Waals surface area (Å²) in [6.45, 7) is 7.89. The third-order valence-electron chi connectivity index (χ3n) is 4.64. The quantitative estimate of drug-likeness (QED) is 0.817. The molecule has 1 saturated heterocycles. The maximum atomic E-state index is 3.79. The van der Waals surface area contributed by atoms with Crippen molar-refractivity contribution in [2.75, 3.05) is 24.5 Å².